The summed E-state index contributed by atoms with van der Waals surface area (Å²) in [7, 11) is 0. The van der Waals surface area contributed by atoms with Crippen LogP contribution in [0, 0.1) is 27.7 Å². The van der Waals surface area contributed by atoms with Gasteiger partial charge in [-0.25, -0.2) is 0 Å². The summed E-state index contributed by atoms with van der Waals surface area (Å²) in [4.78, 5) is 9.72. The van der Waals surface area contributed by atoms with Crippen LogP contribution in [0.3, 0.4) is 0 Å². The van der Waals surface area contributed by atoms with E-state index in [9.17, 15) is 0 Å². The Labute approximate surface area is 837 Å². The Morgan fingerprint density at radius 3 is 0.708 bits per heavy atom. The van der Waals surface area contributed by atoms with Gasteiger partial charge in [-0.15, -0.1) is 0 Å². The quantitative estimate of drug-likeness (QED) is 0.113. The Kier molecular flexibility index (Phi) is 22.6. The van der Waals surface area contributed by atoms with E-state index in [4.69, 9.17) is 0 Å². The normalized spacial score (nSPS) is 11.5. The minimum absolute atomic E-state index is 1.15. The molecule has 144 heavy (non-hydrogen) atoms. The van der Waals surface area contributed by atoms with Gasteiger partial charge >= 0.3 is 0 Å². The van der Waals surface area contributed by atoms with Crippen LogP contribution < -0.4 is 19.6 Å². The maximum atomic E-state index is 2.45. The topological polar surface area (TPSA) is 13.0 Å². The second kappa shape index (κ2) is 37.4. The lowest BCUT2D eigenvalue weighted by Gasteiger charge is -2.29. The van der Waals surface area contributed by atoms with Crippen LogP contribution in [0.1, 0.15) is 22.3 Å². The Morgan fingerprint density at radius 1 is 0.111 bits per heavy atom. The first kappa shape index (κ1) is 87.1. The number of hydrogen-bond acceptors (Lipinski definition) is 4. The van der Waals surface area contributed by atoms with Crippen LogP contribution >= 0.6 is 0 Å². The van der Waals surface area contributed by atoms with Crippen molar-refractivity contribution in [3.63, 3.8) is 0 Å². The SMILES string of the molecule is Cc1ccc(N(c2ccc3ccc4ccccc4c3c2)c2cc3ccccc3c3ccccc23)cc1.Cc1ccc(N(c2cccc3ccc4ccccc4c23)c2cccc3ccc4ccccc4c23)cc1.Cc1cccc(N(c2ccc3ccc4ccccc4c3c2)c2cc3ccccc3c3ccccc23)c1.Cc1ccccc1N(c1ccc2ccc3ccccc3c2c1)c1cc2ccccc2c2ccccc12. The van der Waals surface area contributed by atoms with E-state index >= 15 is 0 Å². The molecule has 0 aromatic heterocycles. The fourth-order valence-electron chi connectivity index (χ4n) is 22.1. The maximum Gasteiger partial charge on any atom is 0.0546 e. The highest BCUT2D eigenvalue weighted by molar-refractivity contribution is 6.23. The summed E-state index contributed by atoms with van der Waals surface area (Å²) in [5.74, 6) is 0. The van der Waals surface area contributed by atoms with Crippen molar-refractivity contribution in [1.29, 1.82) is 0 Å². The number of aryl methyl sites for hydroxylation is 4. The van der Waals surface area contributed by atoms with E-state index in [2.05, 4.69) is 581 Å². The van der Waals surface area contributed by atoms with Gasteiger partial charge in [-0.05, 0) is 293 Å². The molecule has 0 aliphatic rings. The molecule has 0 N–H and O–H groups in total. The average Bonchev–Trinajstić information content (AvgIpc) is 0.755. The van der Waals surface area contributed by atoms with Gasteiger partial charge in [0.2, 0.25) is 0 Å². The van der Waals surface area contributed by atoms with Gasteiger partial charge in [0.05, 0.1) is 28.4 Å². The number of nitrogens with zero attached hydrogens (tertiary/aromatic N) is 4. The van der Waals surface area contributed by atoms with Gasteiger partial charge in [-0.1, -0.05) is 436 Å². The molecular weight excluding hydrogens is 1740 g/mol. The molecule has 0 atom stereocenters. The molecule has 28 aromatic rings. The summed E-state index contributed by atoms with van der Waals surface area (Å²) < 4.78 is 0. The molecule has 0 spiro atoms. The summed E-state index contributed by atoms with van der Waals surface area (Å²) in [5.41, 5.74) is 19.1. The lowest BCUT2D eigenvalue weighted by molar-refractivity contribution is 1.27. The molecule has 0 saturated heterocycles. The summed E-state index contributed by atoms with van der Waals surface area (Å²) in [6.45, 7) is 8.64. The number of benzene rings is 28. The third kappa shape index (κ3) is 16.1. The van der Waals surface area contributed by atoms with Gasteiger partial charge < -0.3 is 19.6 Å². The molecule has 0 heterocycles. The summed E-state index contributed by atoms with van der Waals surface area (Å²) in [5, 5.41) is 40.4. The minimum Gasteiger partial charge on any atom is -0.310 e. The molecule has 0 unspecified atom stereocenters. The molecule has 0 aliphatic carbocycles. The fraction of sp³-hybridized carbons (Fsp3) is 0.0286. The molecule has 4 nitrogen and oxygen atoms in total. The molecule has 0 bridgehead atoms. The van der Waals surface area contributed by atoms with E-state index in [-0.39, 0.29) is 0 Å². The van der Waals surface area contributed by atoms with Crippen LogP contribution in [0.2, 0.25) is 0 Å². The van der Waals surface area contributed by atoms with Crippen molar-refractivity contribution in [3.8, 4) is 0 Å². The van der Waals surface area contributed by atoms with Crippen molar-refractivity contribution >= 4 is 241 Å². The molecule has 0 aliphatic heterocycles. The highest BCUT2D eigenvalue weighted by atomic mass is 15.2. The van der Waals surface area contributed by atoms with Gasteiger partial charge in [-0.2, -0.15) is 0 Å². The predicted molar refractivity (Wildman–Crippen MR) is 624 cm³/mol. The van der Waals surface area contributed by atoms with Crippen LogP contribution in [-0.2, 0) is 0 Å². The number of hydrogen-bond donors (Lipinski definition) is 0. The zero-order chi connectivity index (χ0) is 96.2. The maximum absolute atomic E-state index is 2.45. The number of rotatable bonds is 12. The van der Waals surface area contributed by atoms with Crippen molar-refractivity contribution < 1.29 is 0 Å². The van der Waals surface area contributed by atoms with Crippen LogP contribution in [-0.4, -0.2) is 0 Å². The molecule has 0 saturated carbocycles. The third-order valence-corrected chi connectivity index (χ3v) is 29.1. The zero-order valence-corrected chi connectivity index (χ0v) is 80.6. The molecule has 680 valence electrons. The molecule has 28 rings (SSSR count). The highest BCUT2D eigenvalue weighted by Gasteiger charge is 2.26. The molecule has 28 aromatic carbocycles. The predicted octanol–water partition coefficient (Wildman–Crippen LogP) is 40.3. The van der Waals surface area contributed by atoms with Crippen LogP contribution in [0.4, 0.5) is 68.2 Å². The third-order valence-electron chi connectivity index (χ3n) is 29.1. The largest absolute Gasteiger partial charge is 0.310 e. The Balaban J connectivity index is 0.000000101. The number of fused-ring (bicyclic) bond motifs is 24. The van der Waals surface area contributed by atoms with Crippen molar-refractivity contribution in [1.82, 2.24) is 0 Å². The summed E-state index contributed by atoms with van der Waals surface area (Å²) in [6, 6.07) is 194. The zero-order valence-electron chi connectivity index (χ0n) is 80.6. The van der Waals surface area contributed by atoms with E-state index in [1.165, 1.54) is 229 Å². The first-order valence-corrected chi connectivity index (χ1v) is 49.8. The molecule has 0 amide bonds. The van der Waals surface area contributed by atoms with Crippen LogP contribution in [0.5, 0.6) is 0 Å². The van der Waals surface area contributed by atoms with Crippen molar-refractivity contribution in [2.24, 2.45) is 0 Å². The highest BCUT2D eigenvalue weighted by Crippen LogP contribution is 2.51. The smallest absolute Gasteiger partial charge is 0.0546 e. The average molecular weight is 1840 g/mol. The standard InChI is InChI=1S/4C35H25N/c1-24-10-2-9-17-34(24)36(28-21-20-26-19-18-25-11-3-5-13-29(25)33(26)23-28)35-22-27-12-4-6-14-30(27)31-15-7-8-16-32(31)35;1-24-16-22-29(23-17-24)36(32-14-6-10-27-20-18-25-8-2-4-12-30(25)34(27)32)33-15-7-11-28-21-19-26-9-3-5-13-31(26)35(28)33;1-24-9-8-12-28(21-24)36(29-20-19-26-18-17-25-10-2-4-13-30(25)34(26)23-29)35-22-27-11-3-5-14-31(27)32-15-6-7-16-33(32)35;1-24-14-19-28(20-15-24)36(29-21-18-26-17-16-25-8-2-4-10-30(25)34(26)23-29)35-22-27-9-3-5-11-31(27)32-12-6-7-13-33(32)35/h4*2-23H,1H3. The lowest BCUT2D eigenvalue weighted by Crippen LogP contribution is -2.12. The van der Waals surface area contributed by atoms with Crippen molar-refractivity contribution in [3.05, 3.63) is 556 Å². The van der Waals surface area contributed by atoms with Gasteiger partial charge in [0.1, 0.15) is 0 Å². The molecule has 0 radical (unpaired) electrons. The minimum atomic E-state index is 1.15. The van der Waals surface area contributed by atoms with Crippen LogP contribution in [0.25, 0.3) is 172 Å². The first-order chi connectivity index (χ1) is 71.1. The van der Waals surface area contributed by atoms with E-state index in [1.54, 1.807) is 0 Å². The Morgan fingerprint density at radius 2 is 0.340 bits per heavy atom. The molecular formula is C140H100N4. The van der Waals surface area contributed by atoms with E-state index in [0.717, 1.165) is 34.1 Å². The van der Waals surface area contributed by atoms with Gasteiger partial charge in [0.25, 0.3) is 0 Å². The second-order valence-corrected chi connectivity index (χ2v) is 38.0. The van der Waals surface area contributed by atoms with Gasteiger partial charge in [-0.3, -0.25) is 0 Å². The van der Waals surface area contributed by atoms with Gasteiger partial charge in [0, 0.05) is 66.7 Å². The van der Waals surface area contributed by atoms with E-state index in [0.29, 0.717) is 0 Å². The van der Waals surface area contributed by atoms with Crippen molar-refractivity contribution in [2.45, 2.75) is 27.7 Å². The number of para-hydroxylation sites is 1. The Bertz CT molecular complexity index is 9760. The summed E-state index contributed by atoms with van der Waals surface area (Å²) in [6.07, 6.45) is 0. The molecule has 4 heteroatoms. The van der Waals surface area contributed by atoms with E-state index in [1.807, 2.05) is 0 Å². The Hall–Kier alpha value is -18.5. The van der Waals surface area contributed by atoms with Gasteiger partial charge in [0.15, 0.2) is 0 Å². The van der Waals surface area contributed by atoms with E-state index < -0.39 is 0 Å². The first-order valence-electron chi connectivity index (χ1n) is 49.8. The van der Waals surface area contributed by atoms with Crippen LogP contribution in [0.15, 0.2) is 534 Å². The number of anilines is 12. The second-order valence-electron chi connectivity index (χ2n) is 38.0. The van der Waals surface area contributed by atoms with Crippen molar-refractivity contribution in [2.75, 3.05) is 19.6 Å². The lowest BCUT2D eigenvalue weighted by atomic mass is 9.97. The monoisotopic (exact) mass is 1840 g/mol. The fourth-order valence-corrected chi connectivity index (χ4v) is 22.1. The molecule has 0 fully saturated rings. The summed E-state index contributed by atoms with van der Waals surface area (Å²) >= 11 is 0.